The maximum absolute atomic E-state index is 9.59. The number of ether oxygens (including phenoxy) is 1. The number of fused-ring (bicyclic) bond motifs is 4. The van der Waals surface area contributed by atoms with Crippen LogP contribution in [0.15, 0.2) is 206 Å². The molecule has 0 radical (unpaired) electrons. The van der Waals surface area contributed by atoms with Crippen LogP contribution in [-0.4, -0.2) is 14.1 Å². The van der Waals surface area contributed by atoms with E-state index in [0.29, 0.717) is 39.6 Å². The second kappa shape index (κ2) is 17.0. The van der Waals surface area contributed by atoms with Crippen LogP contribution in [0.25, 0.3) is 72.3 Å². The predicted octanol–water partition coefficient (Wildman–Crippen LogP) is 15.5. The number of para-hydroxylation sites is 2. The molecule has 11 aromatic rings. The van der Waals surface area contributed by atoms with E-state index in [1.54, 1.807) is 39.6 Å². The number of pyridine rings is 1. The highest BCUT2D eigenvalue weighted by atomic mass is 16.5. The Kier molecular flexibility index (Phi) is 7.76. The number of aryl methyl sites for hydroxylation is 1. The lowest BCUT2D eigenvalue weighted by atomic mass is 9.79. The Hall–Kier alpha value is -8.02. The van der Waals surface area contributed by atoms with Crippen molar-refractivity contribution in [3.05, 3.63) is 235 Å². The summed E-state index contributed by atoms with van der Waals surface area (Å²) >= 11 is 0. The van der Waals surface area contributed by atoms with Gasteiger partial charge >= 0.3 is 0 Å². The van der Waals surface area contributed by atoms with Crippen LogP contribution >= 0.6 is 0 Å². The smallest absolute Gasteiger partial charge is 0.269 e. The molecule has 0 aliphatic carbocycles. The Morgan fingerprint density at radius 2 is 1.31 bits per heavy atom. The third-order valence-corrected chi connectivity index (χ3v) is 12.5. The Balaban J connectivity index is 1.07. The summed E-state index contributed by atoms with van der Waals surface area (Å²) in [6, 6.07) is 38.1. The first-order valence-electron chi connectivity index (χ1n) is 28.5. The third-order valence-electron chi connectivity index (χ3n) is 12.5. The molecule has 0 aliphatic heterocycles. The first-order chi connectivity index (χ1) is 37.9. The van der Waals surface area contributed by atoms with Crippen LogP contribution in [0, 0.1) is 13.3 Å². The maximum atomic E-state index is 9.59. The average Bonchev–Trinajstić information content (AvgIpc) is 4.04. The molecule has 5 nitrogen and oxygen atoms in total. The molecule has 3 aromatic heterocycles. The van der Waals surface area contributed by atoms with Crippen molar-refractivity contribution in [3.63, 3.8) is 0 Å². The van der Waals surface area contributed by atoms with Gasteiger partial charge in [0.1, 0.15) is 17.3 Å². The molecule has 0 saturated heterocycles. The van der Waals surface area contributed by atoms with Gasteiger partial charge in [-0.2, -0.15) is 0 Å². The Morgan fingerprint density at radius 3 is 2.03 bits per heavy atom. The van der Waals surface area contributed by atoms with Gasteiger partial charge in [0.25, 0.3) is 6.33 Å². The van der Waals surface area contributed by atoms with Crippen molar-refractivity contribution in [1.29, 1.82) is 0 Å². The van der Waals surface area contributed by atoms with Crippen molar-refractivity contribution in [2.45, 2.75) is 58.7 Å². The summed E-state index contributed by atoms with van der Waals surface area (Å²) in [4.78, 5) is 4.88. The van der Waals surface area contributed by atoms with Gasteiger partial charge in [-0.1, -0.05) is 174 Å². The quantitative estimate of drug-likeness (QED) is 0.101. The molecule has 0 aliphatic rings. The molecular weight excluding hydrogens is 829 g/mol. The van der Waals surface area contributed by atoms with Gasteiger partial charge in [0.15, 0.2) is 0 Å². The van der Waals surface area contributed by atoms with E-state index < -0.39 is 72.2 Å². The summed E-state index contributed by atoms with van der Waals surface area (Å²) in [6.07, 6.45) is 3.34. The van der Waals surface area contributed by atoms with E-state index >= 15 is 0 Å². The number of benzene rings is 8. The van der Waals surface area contributed by atoms with Gasteiger partial charge in [0.05, 0.1) is 47.1 Å². The van der Waals surface area contributed by atoms with Crippen molar-refractivity contribution >= 4 is 32.8 Å². The van der Waals surface area contributed by atoms with E-state index in [0.717, 1.165) is 38.5 Å². The minimum Gasteiger partial charge on any atom is -0.458 e. The van der Waals surface area contributed by atoms with E-state index in [-0.39, 0.29) is 33.4 Å². The van der Waals surface area contributed by atoms with Gasteiger partial charge in [0.2, 0.25) is 0 Å². The Morgan fingerprint density at radius 1 is 0.618 bits per heavy atom. The molecule has 0 amide bonds. The predicted molar refractivity (Wildman–Crippen MR) is 280 cm³/mol. The van der Waals surface area contributed by atoms with E-state index in [9.17, 15) is 2.74 Å². The zero-order valence-electron chi connectivity index (χ0n) is 50.6. The second-order valence-electron chi connectivity index (χ2n) is 18.5. The van der Waals surface area contributed by atoms with Gasteiger partial charge in [-0.3, -0.25) is 13.7 Å². The second-order valence-corrected chi connectivity index (χ2v) is 18.5. The van der Waals surface area contributed by atoms with Crippen molar-refractivity contribution in [1.82, 2.24) is 14.1 Å². The number of aromatic nitrogens is 4. The monoisotopic (exact) mass is 895 g/mol. The summed E-state index contributed by atoms with van der Waals surface area (Å²) in [5.74, 6) is 1.51. The fourth-order valence-corrected chi connectivity index (χ4v) is 9.14. The number of imidazole rings is 1. The first-order valence-corrected chi connectivity index (χ1v) is 22.5. The van der Waals surface area contributed by atoms with Crippen LogP contribution in [0.1, 0.15) is 73.3 Å². The molecule has 68 heavy (non-hydrogen) atoms. The zero-order valence-corrected chi connectivity index (χ0v) is 38.6. The van der Waals surface area contributed by atoms with Gasteiger partial charge in [-0.15, -0.1) is 0 Å². The lowest BCUT2D eigenvalue weighted by Crippen LogP contribution is -2.32. The summed E-state index contributed by atoms with van der Waals surface area (Å²) in [5, 5.41) is 1.95. The molecule has 0 N–H and O–H groups in total. The fourth-order valence-electron chi connectivity index (χ4n) is 9.14. The van der Waals surface area contributed by atoms with E-state index in [1.165, 1.54) is 0 Å². The molecule has 3 heterocycles. The van der Waals surface area contributed by atoms with Crippen molar-refractivity contribution in [2.75, 3.05) is 0 Å². The molecule has 11 rings (SSSR count). The highest BCUT2D eigenvalue weighted by Gasteiger charge is 2.24. The van der Waals surface area contributed by atoms with Gasteiger partial charge in [-0.05, 0) is 123 Å². The molecule has 0 spiro atoms. The van der Waals surface area contributed by atoms with Crippen LogP contribution in [0.5, 0.6) is 11.5 Å². The van der Waals surface area contributed by atoms with E-state index in [2.05, 4.69) is 49.9 Å². The number of nitrogens with zero attached hydrogens (tertiary/aromatic N) is 4. The minimum absolute atomic E-state index is 0.144. The molecule has 0 fully saturated rings. The van der Waals surface area contributed by atoms with Crippen molar-refractivity contribution in [2.24, 2.45) is 0 Å². The largest absolute Gasteiger partial charge is 0.458 e. The Bertz CT molecular complexity index is 4200. The van der Waals surface area contributed by atoms with Gasteiger partial charge in [0, 0.05) is 25.8 Å². The van der Waals surface area contributed by atoms with Crippen LogP contribution in [0.2, 0.25) is 0 Å². The molecule has 332 valence electrons. The van der Waals surface area contributed by atoms with Crippen LogP contribution < -0.4 is 9.30 Å². The summed E-state index contributed by atoms with van der Waals surface area (Å²) in [5.41, 5.74) is 5.88. The normalized spacial score (nSPS) is 14.7. The van der Waals surface area contributed by atoms with Gasteiger partial charge < -0.3 is 4.74 Å². The van der Waals surface area contributed by atoms with Crippen molar-refractivity contribution in [3.8, 4) is 50.9 Å². The van der Waals surface area contributed by atoms with Crippen LogP contribution in [0.4, 0.5) is 0 Å². The zero-order chi connectivity index (χ0) is 57.1. The van der Waals surface area contributed by atoms with Crippen LogP contribution in [0.3, 0.4) is 0 Å². The Labute approximate surface area is 416 Å². The summed E-state index contributed by atoms with van der Waals surface area (Å²) in [6.45, 7) is 12.3. The molecular formula is C63H54N4O. The van der Waals surface area contributed by atoms with Crippen molar-refractivity contribution < 1.29 is 25.8 Å². The van der Waals surface area contributed by atoms with Crippen LogP contribution in [-0.2, 0) is 17.2 Å². The average molecular weight is 895 g/mol. The lowest BCUT2D eigenvalue weighted by molar-refractivity contribution is -0.571. The first kappa shape index (κ1) is 31.0. The topological polar surface area (TPSA) is 35.9 Å². The number of hydrogen-bond donors (Lipinski definition) is 0. The standard InChI is InChI=1S/C63H54N4O/c1-43-19-16-30-57-60(43)66(61-52(45-20-10-7-11-21-45)28-18-29-53(61)46-22-12-8-13-23-46)42-65(57)49-26-17-27-50(39-49)68-51-32-33-54-55-38-48(62(2,3)4)31-34-56(55)67(58(54)40-51)59-37-44(35-36-64-59)41-63(5,6)47-24-14-9-15-25-47/h7-40H,41H2,1-6H3/i7D,8D,10D,11D,12D,13D,20D,21D,22D,23D,41D2. The third kappa shape index (κ3) is 7.84. The SMILES string of the molecule is [2H]c1c([2H])c([2H])c(-c2cccc(-c3c([2H])c([2H])c([2H])c([2H])c3[2H])c2-[n+]2[c-]n(-c3cccc(Oc4ccc5c6cc(C(C)(C)C)ccc6n(-c6cc(C([2H])([2H])C(C)(C)c7ccccc7)ccn6)c5c4)c3)c3cccc(C)c32)c([2H])c1[2H]. The molecule has 0 saturated carbocycles. The number of rotatable bonds is 10. The molecule has 0 bridgehead atoms. The molecule has 5 heteroatoms. The number of hydrogen-bond acceptors (Lipinski definition) is 2. The fraction of sp³-hybridized carbons (Fsp3) is 0.143. The van der Waals surface area contributed by atoms with E-state index in [4.69, 9.17) is 23.4 Å². The highest BCUT2D eigenvalue weighted by molar-refractivity contribution is 6.10. The minimum atomic E-state index is -1.80. The summed E-state index contributed by atoms with van der Waals surface area (Å²) < 4.78 is 119. The summed E-state index contributed by atoms with van der Waals surface area (Å²) in [7, 11) is 0. The van der Waals surface area contributed by atoms with Gasteiger partial charge in [-0.25, -0.2) is 4.98 Å². The molecule has 0 unspecified atom stereocenters. The molecule has 0 atom stereocenters. The van der Waals surface area contributed by atoms with E-state index in [1.807, 2.05) is 118 Å². The highest BCUT2D eigenvalue weighted by Crippen LogP contribution is 2.39. The lowest BCUT2D eigenvalue weighted by Gasteiger charge is -2.25. The molecule has 8 aromatic carbocycles. The maximum Gasteiger partial charge on any atom is 0.269 e.